The maximum Gasteiger partial charge on any atom is 0.259 e. The number of aryl methyl sites for hydroxylation is 1. The quantitative estimate of drug-likeness (QED) is 0.248. The number of rotatable bonds is 6. The Morgan fingerprint density at radius 2 is 1.74 bits per heavy atom. The van der Waals surface area contributed by atoms with E-state index in [1.54, 1.807) is 35.2 Å². The van der Waals surface area contributed by atoms with Gasteiger partial charge in [-0.05, 0) is 74.3 Å². The summed E-state index contributed by atoms with van der Waals surface area (Å²) >= 11 is 6.80. The number of para-hydroxylation sites is 1. The van der Waals surface area contributed by atoms with Gasteiger partial charge in [0, 0.05) is 29.4 Å². The van der Waals surface area contributed by atoms with Gasteiger partial charge < -0.3 is 5.32 Å². The standard InChI is InChI=1S/C29H30ClN3O2/c1-4-19-32(3)25-17-18-27(30)33(26-12-8-7-11-24(25)26)29(35)21-13-15-22(16-14-21)31-28(34)23-10-6-5-9-20(23)2/h4-16,25,27H,1,17-19H2,2-3H3,(H,31,34). The molecule has 1 heterocycles. The number of halogens is 1. The van der Waals surface area contributed by atoms with Crippen molar-refractivity contribution in [2.75, 3.05) is 23.8 Å². The molecule has 0 bridgehead atoms. The van der Waals surface area contributed by atoms with Crippen LogP contribution >= 0.6 is 11.6 Å². The third-order valence-electron chi connectivity index (χ3n) is 6.46. The average Bonchev–Trinajstić information content (AvgIpc) is 3.00. The van der Waals surface area contributed by atoms with Crippen molar-refractivity contribution >= 4 is 34.8 Å². The van der Waals surface area contributed by atoms with Gasteiger partial charge in [0.15, 0.2) is 0 Å². The normalized spacial score (nSPS) is 17.4. The van der Waals surface area contributed by atoms with Gasteiger partial charge in [0.2, 0.25) is 0 Å². The lowest BCUT2D eigenvalue weighted by Gasteiger charge is -2.29. The van der Waals surface area contributed by atoms with Crippen LogP contribution in [0.2, 0.25) is 0 Å². The molecule has 5 nitrogen and oxygen atoms in total. The number of likely N-dealkylation sites (N-methyl/N-ethyl adjacent to an activating group) is 1. The molecule has 4 rings (SSSR count). The Bertz CT molecular complexity index is 1220. The molecule has 0 radical (unpaired) electrons. The molecule has 0 spiro atoms. The SMILES string of the molecule is C=CCN(C)C1CCC(Cl)N(C(=O)c2ccc(NC(=O)c3ccccc3C)cc2)c2ccccc21. The summed E-state index contributed by atoms with van der Waals surface area (Å²) in [7, 11) is 2.06. The Morgan fingerprint density at radius 3 is 2.46 bits per heavy atom. The first kappa shape index (κ1) is 24.7. The summed E-state index contributed by atoms with van der Waals surface area (Å²) in [4.78, 5) is 30.2. The van der Waals surface area contributed by atoms with Gasteiger partial charge in [-0.2, -0.15) is 0 Å². The minimum atomic E-state index is -0.466. The van der Waals surface area contributed by atoms with Crippen LogP contribution in [0.1, 0.15) is 50.7 Å². The first-order valence-corrected chi connectivity index (χ1v) is 12.2. The summed E-state index contributed by atoms with van der Waals surface area (Å²) in [5, 5.41) is 2.91. The molecule has 1 aliphatic rings. The number of nitrogens with zero attached hydrogens (tertiary/aromatic N) is 2. The number of fused-ring (bicyclic) bond motifs is 1. The van der Waals surface area contributed by atoms with E-state index in [4.69, 9.17) is 11.6 Å². The van der Waals surface area contributed by atoms with E-state index in [1.165, 1.54) is 0 Å². The molecule has 3 aromatic rings. The fourth-order valence-electron chi connectivity index (χ4n) is 4.61. The molecule has 35 heavy (non-hydrogen) atoms. The number of anilines is 2. The van der Waals surface area contributed by atoms with Gasteiger partial charge in [0.25, 0.3) is 11.8 Å². The van der Waals surface area contributed by atoms with Crippen molar-refractivity contribution < 1.29 is 9.59 Å². The molecule has 6 heteroatoms. The summed E-state index contributed by atoms with van der Waals surface area (Å²) in [6.07, 6.45) is 3.38. The third-order valence-corrected chi connectivity index (χ3v) is 6.87. The molecule has 3 aromatic carbocycles. The number of amides is 2. The highest BCUT2D eigenvalue weighted by molar-refractivity contribution is 6.26. The van der Waals surface area contributed by atoms with Crippen molar-refractivity contribution in [1.82, 2.24) is 4.90 Å². The zero-order chi connectivity index (χ0) is 24.9. The summed E-state index contributed by atoms with van der Waals surface area (Å²) in [5.41, 5.74) is 4.10. The molecule has 1 N–H and O–H groups in total. The van der Waals surface area contributed by atoms with Gasteiger partial charge >= 0.3 is 0 Å². The van der Waals surface area contributed by atoms with Crippen molar-refractivity contribution in [3.63, 3.8) is 0 Å². The van der Waals surface area contributed by atoms with Crippen LogP contribution in [0, 0.1) is 6.92 Å². The highest BCUT2D eigenvalue weighted by atomic mass is 35.5. The minimum absolute atomic E-state index is 0.141. The van der Waals surface area contributed by atoms with Crippen molar-refractivity contribution in [2.24, 2.45) is 0 Å². The number of carbonyl (C=O) groups is 2. The van der Waals surface area contributed by atoms with Crippen LogP contribution in [0.25, 0.3) is 0 Å². The molecular weight excluding hydrogens is 458 g/mol. The van der Waals surface area contributed by atoms with Crippen LogP contribution in [0.15, 0.2) is 85.5 Å². The fraction of sp³-hybridized carbons (Fsp3) is 0.241. The van der Waals surface area contributed by atoms with Crippen LogP contribution in [0.3, 0.4) is 0 Å². The number of hydrogen-bond donors (Lipinski definition) is 1. The molecule has 1 aliphatic heterocycles. The molecule has 0 saturated carbocycles. The maximum absolute atomic E-state index is 13.7. The highest BCUT2D eigenvalue weighted by Gasteiger charge is 2.33. The van der Waals surface area contributed by atoms with Gasteiger partial charge in [0.1, 0.15) is 5.50 Å². The summed E-state index contributed by atoms with van der Waals surface area (Å²) in [5.74, 6) is -0.347. The predicted octanol–water partition coefficient (Wildman–Crippen LogP) is 6.41. The largest absolute Gasteiger partial charge is 0.322 e. The molecule has 180 valence electrons. The highest BCUT2D eigenvalue weighted by Crippen LogP contribution is 2.40. The lowest BCUT2D eigenvalue weighted by Crippen LogP contribution is -2.37. The number of nitrogens with one attached hydrogen (secondary N) is 1. The Kier molecular flexibility index (Phi) is 7.69. The Hall–Kier alpha value is -3.41. The lowest BCUT2D eigenvalue weighted by molar-refractivity contribution is 0.0982. The average molecular weight is 488 g/mol. The van der Waals surface area contributed by atoms with Gasteiger partial charge in [-0.1, -0.05) is 54.1 Å². The predicted molar refractivity (Wildman–Crippen MR) is 143 cm³/mol. The van der Waals surface area contributed by atoms with Crippen LogP contribution in [-0.4, -0.2) is 35.8 Å². The zero-order valence-corrected chi connectivity index (χ0v) is 20.8. The smallest absolute Gasteiger partial charge is 0.259 e. The number of benzene rings is 3. The molecule has 0 aromatic heterocycles. The van der Waals surface area contributed by atoms with E-state index < -0.39 is 5.50 Å². The number of alkyl halides is 1. The Morgan fingerprint density at radius 1 is 1.06 bits per heavy atom. The van der Waals surface area contributed by atoms with Gasteiger partial charge in [-0.3, -0.25) is 19.4 Å². The van der Waals surface area contributed by atoms with Crippen LogP contribution in [0.4, 0.5) is 11.4 Å². The van der Waals surface area contributed by atoms with Crippen molar-refractivity contribution in [3.8, 4) is 0 Å². The zero-order valence-electron chi connectivity index (χ0n) is 20.1. The second-order valence-electron chi connectivity index (χ2n) is 8.84. The third kappa shape index (κ3) is 5.31. The number of hydrogen-bond acceptors (Lipinski definition) is 3. The molecule has 2 unspecified atom stereocenters. The van der Waals surface area contributed by atoms with Gasteiger partial charge in [0.05, 0.1) is 5.69 Å². The van der Waals surface area contributed by atoms with E-state index in [0.717, 1.165) is 29.8 Å². The molecule has 0 saturated heterocycles. The molecule has 0 fully saturated rings. The molecule has 0 aliphatic carbocycles. The van der Waals surface area contributed by atoms with E-state index in [2.05, 4.69) is 29.9 Å². The molecule has 2 atom stereocenters. The van der Waals surface area contributed by atoms with E-state index in [0.29, 0.717) is 23.2 Å². The Labute approximate surface area is 212 Å². The summed E-state index contributed by atoms with van der Waals surface area (Å²) in [6, 6.07) is 22.5. The van der Waals surface area contributed by atoms with E-state index in [-0.39, 0.29) is 17.9 Å². The van der Waals surface area contributed by atoms with E-state index >= 15 is 0 Å². The summed E-state index contributed by atoms with van der Waals surface area (Å²) < 4.78 is 0. The molecular formula is C29H30ClN3O2. The van der Waals surface area contributed by atoms with Crippen LogP contribution in [0.5, 0.6) is 0 Å². The van der Waals surface area contributed by atoms with Crippen molar-refractivity contribution in [1.29, 1.82) is 0 Å². The summed E-state index contributed by atoms with van der Waals surface area (Å²) in [6.45, 7) is 6.51. The molecule has 2 amide bonds. The van der Waals surface area contributed by atoms with Crippen molar-refractivity contribution in [2.45, 2.75) is 31.3 Å². The lowest BCUT2D eigenvalue weighted by atomic mass is 10.00. The van der Waals surface area contributed by atoms with Crippen molar-refractivity contribution in [3.05, 3.63) is 108 Å². The van der Waals surface area contributed by atoms with E-state index in [1.807, 2.05) is 49.4 Å². The minimum Gasteiger partial charge on any atom is -0.322 e. The Balaban J connectivity index is 1.58. The maximum atomic E-state index is 13.7. The second-order valence-corrected chi connectivity index (χ2v) is 9.34. The van der Waals surface area contributed by atoms with Gasteiger partial charge in [-0.15, -0.1) is 6.58 Å². The van der Waals surface area contributed by atoms with Crippen LogP contribution < -0.4 is 10.2 Å². The second kappa shape index (κ2) is 10.9. The fourth-order valence-corrected chi connectivity index (χ4v) is 4.93. The monoisotopic (exact) mass is 487 g/mol. The first-order chi connectivity index (χ1) is 16.9. The van der Waals surface area contributed by atoms with Crippen LogP contribution in [-0.2, 0) is 0 Å². The first-order valence-electron chi connectivity index (χ1n) is 11.8. The van der Waals surface area contributed by atoms with Gasteiger partial charge in [-0.25, -0.2) is 0 Å². The number of carbonyl (C=O) groups excluding carboxylic acids is 2. The van der Waals surface area contributed by atoms with E-state index in [9.17, 15) is 9.59 Å². The topological polar surface area (TPSA) is 52.6 Å².